The van der Waals surface area contributed by atoms with Crippen molar-refractivity contribution in [2.24, 2.45) is 0 Å². The van der Waals surface area contributed by atoms with Gasteiger partial charge in [0.1, 0.15) is 0 Å². The van der Waals surface area contributed by atoms with Gasteiger partial charge in [0.2, 0.25) is 6.29 Å². The zero-order valence-corrected chi connectivity index (χ0v) is 7.67. The van der Waals surface area contributed by atoms with E-state index in [9.17, 15) is 8.76 Å². The predicted molar refractivity (Wildman–Crippen MR) is 44.3 cm³/mol. The highest BCUT2D eigenvalue weighted by molar-refractivity contribution is 7.79. The Labute approximate surface area is 77.8 Å². The maximum Gasteiger partial charge on any atom is 0.238 e. The third-order valence-electron chi connectivity index (χ3n) is 1.69. The number of benzene rings is 1. The van der Waals surface area contributed by atoms with Gasteiger partial charge in [0.15, 0.2) is 11.5 Å². The average molecular weight is 199 g/mol. The second-order valence-electron chi connectivity index (χ2n) is 2.65. The van der Waals surface area contributed by atoms with Crippen LogP contribution in [0.4, 0.5) is 0 Å². The van der Waals surface area contributed by atoms with E-state index in [0.717, 1.165) is 0 Å². The van der Waals surface area contributed by atoms with Crippen LogP contribution in [0.3, 0.4) is 0 Å². The van der Waals surface area contributed by atoms with Gasteiger partial charge in [-0.1, -0.05) is 0 Å². The SMILES string of the molecule is CC1Oc2ccc(S(=O)[O-])cc2O1. The van der Waals surface area contributed by atoms with Gasteiger partial charge in [-0.25, -0.2) is 0 Å². The summed E-state index contributed by atoms with van der Waals surface area (Å²) < 4.78 is 31.6. The number of hydrogen-bond donors (Lipinski definition) is 0. The summed E-state index contributed by atoms with van der Waals surface area (Å²) in [5.74, 6) is 1.07. The molecule has 0 saturated carbocycles. The third-order valence-corrected chi connectivity index (χ3v) is 2.33. The molecule has 0 aromatic heterocycles. The van der Waals surface area contributed by atoms with Crippen LogP contribution in [0.15, 0.2) is 23.1 Å². The first-order chi connectivity index (χ1) is 6.16. The molecule has 13 heavy (non-hydrogen) atoms. The van der Waals surface area contributed by atoms with Gasteiger partial charge in [-0.15, -0.1) is 0 Å². The number of ether oxygens (including phenoxy) is 2. The zero-order valence-electron chi connectivity index (χ0n) is 6.85. The van der Waals surface area contributed by atoms with E-state index in [1.807, 2.05) is 0 Å². The van der Waals surface area contributed by atoms with Crippen molar-refractivity contribution in [3.63, 3.8) is 0 Å². The summed E-state index contributed by atoms with van der Waals surface area (Å²) in [6.45, 7) is 1.74. The summed E-state index contributed by atoms with van der Waals surface area (Å²) in [4.78, 5) is 0.205. The summed E-state index contributed by atoms with van der Waals surface area (Å²) in [5.41, 5.74) is 0. The van der Waals surface area contributed by atoms with Crippen LogP contribution in [0.5, 0.6) is 11.5 Å². The minimum atomic E-state index is -2.22. The molecule has 0 spiro atoms. The van der Waals surface area contributed by atoms with E-state index in [0.29, 0.717) is 11.5 Å². The summed E-state index contributed by atoms with van der Waals surface area (Å²) in [6.07, 6.45) is -0.342. The van der Waals surface area contributed by atoms with Gasteiger partial charge in [0, 0.05) is 11.8 Å². The molecule has 0 bridgehead atoms. The third kappa shape index (κ3) is 1.52. The fraction of sp³-hybridized carbons (Fsp3) is 0.250. The predicted octanol–water partition coefficient (Wildman–Crippen LogP) is 1.04. The lowest BCUT2D eigenvalue weighted by molar-refractivity contribution is 0.0678. The molecule has 4 nitrogen and oxygen atoms in total. The average Bonchev–Trinajstić information content (AvgIpc) is 2.42. The van der Waals surface area contributed by atoms with Gasteiger partial charge in [-0.05, 0) is 29.3 Å². The van der Waals surface area contributed by atoms with E-state index >= 15 is 0 Å². The Morgan fingerprint density at radius 3 is 2.77 bits per heavy atom. The zero-order chi connectivity index (χ0) is 9.42. The fourth-order valence-electron chi connectivity index (χ4n) is 1.16. The highest BCUT2D eigenvalue weighted by atomic mass is 32.2. The summed E-state index contributed by atoms with van der Waals surface area (Å²) in [5, 5.41) is 0. The molecule has 0 aliphatic carbocycles. The van der Waals surface area contributed by atoms with Crippen molar-refractivity contribution < 1.29 is 18.2 Å². The van der Waals surface area contributed by atoms with Crippen LogP contribution in [-0.2, 0) is 11.1 Å². The summed E-state index contributed by atoms with van der Waals surface area (Å²) >= 11 is -2.22. The number of fused-ring (bicyclic) bond motifs is 1. The first-order valence-electron chi connectivity index (χ1n) is 3.73. The van der Waals surface area contributed by atoms with Crippen molar-refractivity contribution in [1.82, 2.24) is 0 Å². The lowest BCUT2D eigenvalue weighted by Crippen LogP contribution is -2.11. The van der Waals surface area contributed by atoms with Crippen LogP contribution in [0, 0.1) is 0 Å². The Kier molecular flexibility index (Phi) is 1.97. The molecule has 1 aliphatic rings. The van der Waals surface area contributed by atoms with Crippen molar-refractivity contribution in [2.75, 3.05) is 0 Å². The van der Waals surface area contributed by atoms with E-state index in [1.54, 1.807) is 13.0 Å². The molecule has 0 radical (unpaired) electrons. The topological polar surface area (TPSA) is 58.6 Å². The molecule has 0 N–H and O–H groups in total. The van der Waals surface area contributed by atoms with Crippen molar-refractivity contribution >= 4 is 11.1 Å². The molecule has 1 aliphatic heterocycles. The molecule has 1 aromatic rings. The molecule has 1 aromatic carbocycles. The first kappa shape index (κ1) is 8.52. The second kappa shape index (κ2) is 3.01. The summed E-state index contributed by atoms with van der Waals surface area (Å²) in [7, 11) is 0. The van der Waals surface area contributed by atoms with E-state index < -0.39 is 11.1 Å². The van der Waals surface area contributed by atoms with Crippen molar-refractivity contribution in [3.8, 4) is 11.5 Å². The molecule has 70 valence electrons. The van der Waals surface area contributed by atoms with Crippen molar-refractivity contribution in [1.29, 1.82) is 0 Å². The van der Waals surface area contributed by atoms with Crippen molar-refractivity contribution in [2.45, 2.75) is 18.1 Å². The standard InChI is InChI=1S/C8H8O4S/c1-5-11-7-3-2-6(13(9)10)4-8(7)12-5/h2-5H,1H3,(H,9,10)/p-1. The largest absolute Gasteiger partial charge is 0.768 e. The Morgan fingerprint density at radius 1 is 1.38 bits per heavy atom. The molecule has 0 saturated heterocycles. The first-order valence-corrected chi connectivity index (χ1v) is 4.81. The van der Waals surface area contributed by atoms with Crippen molar-refractivity contribution in [3.05, 3.63) is 18.2 Å². The highest BCUT2D eigenvalue weighted by Crippen LogP contribution is 2.35. The second-order valence-corrected chi connectivity index (χ2v) is 3.59. The lowest BCUT2D eigenvalue weighted by atomic mass is 10.3. The van der Waals surface area contributed by atoms with Crippen LogP contribution in [0.1, 0.15) is 6.92 Å². The van der Waals surface area contributed by atoms with Crippen LogP contribution in [0.2, 0.25) is 0 Å². The normalized spacial score (nSPS) is 21.5. The van der Waals surface area contributed by atoms with E-state index in [4.69, 9.17) is 9.47 Å². The van der Waals surface area contributed by atoms with Gasteiger partial charge in [0.05, 0.1) is 0 Å². The van der Waals surface area contributed by atoms with Crippen LogP contribution in [0.25, 0.3) is 0 Å². The van der Waals surface area contributed by atoms with Gasteiger partial charge in [-0.2, -0.15) is 0 Å². The van der Waals surface area contributed by atoms with Crippen LogP contribution >= 0.6 is 0 Å². The monoisotopic (exact) mass is 199 g/mol. The summed E-state index contributed by atoms with van der Waals surface area (Å²) in [6, 6.07) is 4.51. The maximum absolute atomic E-state index is 10.6. The number of hydrogen-bond acceptors (Lipinski definition) is 4. The molecule has 2 rings (SSSR count). The fourth-order valence-corrected chi connectivity index (χ4v) is 1.55. The smallest absolute Gasteiger partial charge is 0.238 e. The molecule has 2 unspecified atom stereocenters. The molecule has 1 heterocycles. The Hall–Kier alpha value is -1.07. The quantitative estimate of drug-likeness (QED) is 0.634. The Bertz CT molecular complexity index is 363. The van der Waals surface area contributed by atoms with E-state index in [2.05, 4.69) is 0 Å². The minimum Gasteiger partial charge on any atom is -0.768 e. The van der Waals surface area contributed by atoms with Gasteiger partial charge < -0.3 is 14.0 Å². The molecular formula is C8H7O4S-. The van der Waals surface area contributed by atoms with E-state index in [-0.39, 0.29) is 11.2 Å². The van der Waals surface area contributed by atoms with Gasteiger partial charge in [-0.3, -0.25) is 4.21 Å². The lowest BCUT2D eigenvalue weighted by Gasteiger charge is -2.04. The minimum absolute atomic E-state index is 0.205. The molecular weight excluding hydrogens is 192 g/mol. The molecule has 2 atom stereocenters. The highest BCUT2D eigenvalue weighted by Gasteiger charge is 2.19. The number of rotatable bonds is 1. The Balaban J connectivity index is 2.40. The van der Waals surface area contributed by atoms with Crippen LogP contribution < -0.4 is 9.47 Å². The molecule has 5 heteroatoms. The molecule has 0 amide bonds. The van der Waals surface area contributed by atoms with E-state index in [1.165, 1.54) is 12.1 Å². The van der Waals surface area contributed by atoms with Crippen LogP contribution in [-0.4, -0.2) is 15.1 Å². The maximum atomic E-state index is 10.6. The van der Waals surface area contributed by atoms with Gasteiger partial charge in [0.25, 0.3) is 0 Å². The Morgan fingerprint density at radius 2 is 2.08 bits per heavy atom. The molecule has 0 fully saturated rings. The van der Waals surface area contributed by atoms with Gasteiger partial charge >= 0.3 is 0 Å².